The Labute approximate surface area is 124 Å². The van der Waals surface area contributed by atoms with Gasteiger partial charge in [0.2, 0.25) is 5.88 Å². The van der Waals surface area contributed by atoms with Crippen LogP contribution in [-0.4, -0.2) is 17.8 Å². The van der Waals surface area contributed by atoms with Crippen molar-refractivity contribution in [1.82, 2.24) is 4.98 Å². The molecule has 3 nitrogen and oxygen atoms in total. The van der Waals surface area contributed by atoms with Gasteiger partial charge in [0.15, 0.2) is 6.61 Å². The molecular formula is C14H15F3N2OS. The molecule has 0 saturated heterocycles. The summed E-state index contributed by atoms with van der Waals surface area (Å²) in [5.41, 5.74) is 0.737. The van der Waals surface area contributed by atoms with E-state index in [4.69, 9.17) is 0 Å². The molecule has 0 fully saturated rings. The zero-order valence-electron chi connectivity index (χ0n) is 11.4. The number of anilines is 1. The lowest BCUT2D eigenvalue weighted by Crippen LogP contribution is -2.19. The molecule has 1 N–H and O–H groups in total. The number of pyridine rings is 1. The summed E-state index contributed by atoms with van der Waals surface area (Å²) >= 11 is 1.73. The minimum absolute atomic E-state index is 0.0396. The van der Waals surface area contributed by atoms with Gasteiger partial charge < -0.3 is 10.1 Å². The van der Waals surface area contributed by atoms with Gasteiger partial charge in [-0.15, -0.1) is 11.3 Å². The number of ether oxygens (including phenoxy) is 1. The number of alkyl halides is 3. The van der Waals surface area contributed by atoms with Crippen LogP contribution in [-0.2, 0) is 13.0 Å². The van der Waals surface area contributed by atoms with Crippen LogP contribution in [0.5, 0.6) is 5.88 Å². The van der Waals surface area contributed by atoms with Crippen LogP contribution in [0.15, 0.2) is 30.5 Å². The van der Waals surface area contributed by atoms with Crippen LogP contribution >= 0.6 is 11.3 Å². The Morgan fingerprint density at radius 2 is 1.95 bits per heavy atom. The molecular weight excluding hydrogens is 301 g/mol. The summed E-state index contributed by atoms with van der Waals surface area (Å²) in [6, 6.07) is 7.21. The van der Waals surface area contributed by atoms with Crippen LogP contribution in [0.2, 0.25) is 0 Å². The van der Waals surface area contributed by atoms with Gasteiger partial charge in [-0.05, 0) is 24.6 Å². The summed E-state index contributed by atoms with van der Waals surface area (Å²) in [6.07, 6.45) is -1.88. The molecule has 0 aliphatic rings. The molecule has 0 bridgehead atoms. The minimum atomic E-state index is -4.35. The van der Waals surface area contributed by atoms with Crippen LogP contribution in [0.1, 0.15) is 16.7 Å². The molecule has 7 heteroatoms. The third kappa shape index (κ3) is 5.26. The van der Waals surface area contributed by atoms with Crippen molar-refractivity contribution >= 4 is 17.0 Å². The quantitative estimate of drug-likeness (QED) is 0.864. The largest absolute Gasteiger partial charge is 0.468 e. The van der Waals surface area contributed by atoms with Crippen LogP contribution < -0.4 is 10.1 Å². The Bertz CT molecular complexity index is 566. The van der Waals surface area contributed by atoms with Crippen molar-refractivity contribution in [3.8, 4) is 5.88 Å². The van der Waals surface area contributed by atoms with E-state index in [1.165, 1.54) is 22.0 Å². The smallest absolute Gasteiger partial charge is 0.422 e. The van der Waals surface area contributed by atoms with Gasteiger partial charge in [-0.3, -0.25) is 0 Å². The van der Waals surface area contributed by atoms with Crippen LogP contribution in [0.3, 0.4) is 0 Å². The SMILES string of the molecule is CCc1ccc(CNc2ccc(OCC(F)(F)F)nc2)s1. The van der Waals surface area contributed by atoms with Gasteiger partial charge in [-0.2, -0.15) is 13.2 Å². The standard InChI is InChI=1S/C14H15F3N2OS/c1-2-11-4-5-12(21-11)8-18-10-3-6-13(19-7-10)20-9-14(15,16)17/h3-7,18H,2,8-9H2,1H3. The Kier molecular flexibility index (Phi) is 5.06. The van der Waals surface area contributed by atoms with Crippen molar-refractivity contribution in [2.24, 2.45) is 0 Å². The number of hydrogen-bond acceptors (Lipinski definition) is 4. The lowest BCUT2D eigenvalue weighted by molar-refractivity contribution is -0.154. The summed E-state index contributed by atoms with van der Waals surface area (Å²) in [5.74, 6) is -0.0396. The van der Waals surface area contributed by atoms with Gasteiger partial charge in [0.25, 0.3) is 0 Å². The van der Waals surface area contributed by atoms with Crippen LogP contribution in [0, 0.1) is 0 Å². The molecule has 0 aromatic carbocycles. The summed E-state index contributed by atoms with van der Waals surface area (Å²) < 4.78 is 40.5. The van der Waals surface area contributed by atoms with Crippen molar-refractivity contribution in [2.45, 2.75) is 26.1 Å². The maximum atomic E-state index is 12.0. The topological polar surface area (TPSA) is 34.1 Å². The second-order valence-corrected chi connectivity index (χ2v) is 5.62. The van der Waals surface area contributed by atoms with Crippen molar-refractivity contribution in [2.75, 3.05) is 11.9 Å². The van der Waals surface area contributed by atoms with Crippen molar-refractivity contribution in [3.63, 3.8) is 0 Å². The highest BCUT2D eigenvalue weighted by Crippen LogP contribution is 2.20. The Hall–Kier alpha value is -1.76. The fourth-order valence-corrected chi connectivity index (χ4v) is 2.52. The molecule has 0 aliphatic carbocycles. The van der Waals surface area contributed by atoms with E-state index < -0.39 is 12.8 Å². The summed E-state index contributed by atoms with van der Waals surface area (Å²) in [4.78, 5) is 6.35. The zero-order valence-corrected chi connectivity index (χ0v) is 12.2. The number of aryl methyl sites for hydroxylation is 1. The average molecular weight is 316 g/mol. The van der Waals surface area contributed by atoms with Crippen molar-refractivity contribution in [3.05, 3.63) is 40.2 Å². The lowest BCUT2D eigenvalue weighted by Gasteiger charge is -2.09. The van der Waals surface area contributed by atoms with E-state index in [1.807, 2.05) is 0 Å². The number of rotatable bonds is 6. The van der Waals surface area contributed by atoms with E-state index >= 15 is 0 Å². The highest BCUT2D eigenvalue weighted by Gasteiger charge is 2.28. The summed E-state index contributed by atoms with van der Waals surface area (Å²) in [7, 11) is 0. The first-order valence-electron chi connectivity index (χ1n) is 6.43. The molecule has 0 aliphatic heterocycles. The number of halogens is 3. The second-order valence-electron chi connectivity index (χ2n) is 4.36. The first kappa shape index (κ1) is 15.6. The molecule has 0 saturated carbocycles. The molecule has 2 rings (SSSR count). The Morgan fingerprint density at radius 3 is 2.52 bits per heavy atom. The maximum absolute atomic E-state index is 12.0. The van der Waals surface area contributed by atoms with Gasteiger partial charge in [0.05, 0.1) is 11.9 Å². The second kappa shape index (κ2) is 6.80. The van der Waals surface area contributed by atoms with E-state index in [0.29, 0.717) is 6.54 Å². The third-order valence-corrected chi connectivity index (χ3v) is 3.88. The molecule has 2 aromatic rings. The van der Waals surface area contributed by atoms with Gasteiger partial charge in [-0.1, -0.05) is 6.92 Å². The monoisotopic (exact) mass is 316 g/mol. The van der Waals surface area contributed by atoms with E-state index in [1.54, 1.807) is 17.4 Å². The molecule has 0 radical (unpaired) electrons. The summed E-state index contributed by atoms with van der Waals surface area (Å²) in [6.45, 7) is 1.43. The first-order valence-corrected chi connectivity index (χ1v) is 7.25. The van der Waals surface area contributed by atoms with E-state index in [-0.39, 0.29) is 5.88 Å². The Balaban J connectivity index is 1.84. The van der Waals surface area contributed by atoms with Crippen LogP contribution in [0.25, 0.3) is 0 Å². The zero-order chi connectivity index (χ0) is 15.3. The molecule has 114 valence electrons. The predicted octanol–water partition coefficient (Wildman–Crippen LogP) is 4.26. The fraction of sp³-hybridized carbons (Fsp3) is 0.357. The highest BCUT2D eigenvalue weighted by molar-refractivity contribution is 7.12. The van der Waals surface area contributed by atoms with Gasteiger partial charge >= 0.3 is 6.18 Å². The first-order chi connectivity index (χ1) is 9.96. The molecule has 2 aromatic heterocycles. The molecule has 21 heavy (non-hydrogen) atoms. The van der Waals surface area contributed by atoms with Gasteiger partial charge in [-0.25, -0.2) is 4.98 Å². The molecule has 0 atom stereocenters. The van der Waals surface area contributed by atoms with Crippen molar-refractivity contribution in [1.29, 1.82) is 0 Å². The number of hydrogen-bond donors (Lipinski definition) is 1. The normalized spacial score (nSPS) is 11.4. The number of nitrogens with zero attached hydrogens (tertiary/aromatic N) is 1. The third-order valence-electron chi connectivity index (χ3n) is 2.65. The van der Waals surface area contributed by atoms with E-state index in [0.717, 1.165) is 12.1 Å². The van der Waals surface area contributed by atoms with Gasteiger partial charge in [0, 0.05) is 22.4 Å². The van der Waals surface area contributed by atoms with E-state index in [9.17, 15) is 13.2 Å². The predicted molar refractivity (Wildman–Crippen MR) is 76.8 cm³/mol. The molecule has 0 spiro atoms. The fourth-order valence-electron chi connectivity index (χ4n) is 1.62. The maximum Gasteiger partial charge on any atom is 0.422 e. The molecule has 2 heterocycles. The molecule has 0 amide bonds. The number of aromatic nitrogens is 1. The van der Waals surface area contributed by atoms with Crippen molar-refractivity contribution < 1.29 is 17.9 Å². The summed E-state index contributed by atoms with van der Waals surface area (Å²) in [5, 5.41) is 3.17. The number of thiophene rings is 1. The highest BCUT2D eigenvalue weighted by atomic mass is 32.1. The minimum Gasteiger partial charge on any atom is -0.468 e. The van der Waals surface area contributed by atoms with Gasteiger partial charge in [0.1, 0.15) is 0 Å². The lowest BCUT2D eigenvalue weighted by atomic mass is 10.3. The van der Waals surface area contributed by atoms with E-state index in [2.05, 4.69) is 34.1 Å². The molecule has 0 unspecified atom stereocenters. The Morgan fingerprint density at radius 1 is 1.19 bits per heavy atom. The average Bonchev–Trinajstić information content (AvgIpc) is 2.91. The number of nitrogens with one attached hydrogen (secondary N) is 1. The van der Waals surface area contributed by atoms with Crippen LogP contribution in [0.4, 0.5) is 18.9 Å².